The highest BCUT2D eigenvalue weighted by molar-refractivity contribution is 9.10. The zero-order valence-electron chi connectivity index (χ0n) is 17.3. The molecule has 0 aliphatic heterocycles. The minimum Gasteiger partial charge on any atom is -0.497 e. The van der Waals surface area contributed by atoms with Gasteiger partial charge >= 0.3 is 11.4 Å². The van der Waals surface area contributed by atoms with Gasteiger partial charge in [0, 0.05) is 9.85 Å². The largest absolute Gasteiger partial charge is 0.497 e. The van der Waals surface area contributed by atoms with Crippen molar-refractivity contribution < 1.29 is 19.9 Å². The first kappa shape index (κ1) is 23.7. The first-order chi connectivity index (χ1) is 16.7. The molecule has 5 aromatic rings. The topological polar surface area (TPSA) is 167 Å². The third-order valence-electron chi connectivity index (χ3n) is 4.85. The fraction of sp³-hybridized carbons (Fsp3) is 0. The number of fused-ring (bicyclic) bond motifs is 3. The SMILES string of the molecule is Brc1ccc(-c2csc3nc4ccccc4n23)cc1.O=[N+]([O-])c1cc([N+](=O)[O-])c(O)c([N+](=O)[O-])c1. The second kappa shape index (κ2) is 9.44. The number of para-hydroxylation sites is 2. The lowest BCUT2D eigenvalue weighted by Crippen LogP contribution is -1.97. The predicted molar refractivity (Wildman–Crippen MR) is 132 cm³/mol. The monoisotopic (exact) mass is 557 g/mol. The van der Waals surface area contributed by atoms with Crippen LogP contribution < -0.4 is 0 Å². The molecule has 12 nitrogen and oxygen atoms in total. The molecule has 0 spiro atoms. The minimum absolute atomic E-state index is 0.447. The van der Waals surface area contributed by atoms with Gasteiger partial charge in [-0.15, -0.1) is 11.3 Å². The van der Waals surface area contributed by atoms with E-state index in [-0.39, 0.29) is 0 Å². The van der Waals surface area contributed by atoms with Crippen LogP contribution in [0, 0.1) is 30.3 Å². The number of nitro benzene ring substituents is 3. The minimum atomic E-state index is -1.21. The lowest BCUT2D eigenvalue weighted by Gasteiger charge is -2.01. The number of imidazole rings is 1. The third-order valence-corrected chi connectivity index (χ3v) is 6.20. The highest BCUT2D eigenvalue weighted by Gasteiger charge is 2.30. The highest BCUT2D eigenvalue weighted by Crippen LogP contribution is 2.39. The van der Waals surface area contributed by atoms with E-state index in [0.717, 1.165) is 20.5 Å². The maximum atomic E-state index is 10.4. The van der Waals surface area contributed by atoms with Crippen molar-refractivity contribution in [3.8, 4) is 17.0 Å². The number of hydrogen-bond acceptors (Lipinski definition) is 9. The van der Waals surface area contributed by atoms with Gasteiger partial charge in [-0.25, -0.2) is 4.98 Å². The van der Waals surface area contributed by atoms with Crippen LogP contribution in [-0.4, -0.2) is 29.3 Å². The number of nitro groups is 3. The summed E-state index contributed by atoms with van der Waals surface area (Å²) >= 11 is 5.15. The molecule has 2 aromatic heterocycles. The fourth-order valence-corrected chi connectivity index (χ4v) is 4.44. The number of hydrogen-bond donors (Lipinski definition) is 1. The van der Waals surface area contributed by atoms with Crippen LogP contribution in [0.25, 0.3) is 27.3 Å². The van der Waals surface area contributed by atoms with E-state index in [1.54, 1.807) is 11.3 Å². The Morgan fingerprint density at radius 1 is 0.886 bits per heavy atom. The number of benzene rings is 3. The molecular formula is C21H12BrN5O7S. The molecule has 0 aliphatic carbocycles. The van der Waals surface area contributed by atoms with Gasteiger partial charge in [-0.1, -0.05) is 40.2 Å². The van der Waals surface area contributed by atoms with E-state index in [1.165, 1.54) is 11.3 Å². The van der Waals surface area contributed by atoms with Gasteiger partial charge in [0.15, 0.2) is 4.96 Å². The molecule has 3 aromatic carbocycles. The number of phenols is 1. The summed E-state index contributed by atoms with van der Waals surface area (Å²) in [4.78, 5) is 33.5. The van der Waals surface area contributed by atoms with Crippen molar-refractivity contribution in [2.24, 2.45) is 0 Å². The van der Waals surface area contributed by atoms with Crippen LogP contribution in [0.15, 0.2) is 70.5 Å². The van der Waals surface area contributed by atoms with Crippen molar-refractivity contribution in [1.82, 2.24) is 9.38 Å². The van der Waals surface area contributed by atoms with Gasteiger partial charge in [-0.3, -0.25) is 34.7 Å². The van der Waals surface area contributed by atoms with Gasteiger partial charge in [-0.2, -0.15) is 0 Å². The second-order valence-corrected chi connectivity index (χ2v) is 8.70. The number of thiazole rings is 1. The molecule has 0 atom stereocenters. The highest BCUT2D eigenvalue weighted by atomic mass is 79.9. The molecule has 5 rings (SSSR count). The first-order valence-corrected chi connectivity index (χ1v) is 11.3. The van der Waals surface area contributed by atoms with Crippen LogP contribution in [0.4, 0.5) is 17.1 Å². The maximum absolute atomic E-state index is 10.4. The summed E-state index contributed by atoms with van der Waals surface area (Å²) in [6, 6.07) is 17.5. The molecule has 0 aliphatic rings. The summed E-state index contributed by atoms with van der Waals surface area (Å²) in [7, 11) is 0. The maximum Gasteiger partial charge on any atom is 0.324 e. The Bertz CT molecular complexity index is 1580. The summed E-state index contributed by atoms with van der Waals surface area (Å²) in [6.07, 6.45) is 0. The first-order valence-electron chi connectivity index (χ1n) is 9.58. The molecule has 0 saturated heterocycles. The van der Waals surface area contributed by atoms with Gasteiger partial charge in [0.25, 0.3) is 11.4 Å². The quantitative estimate of drug-likeness (QED) is 0.204. The van der Waals surface area contributed by atoms with E-state index in [2.05, 4.69) is 73.2 Å². The Morgan fingerprint density at radius 3 is 2.06 bits per heavy atom. The van der Waals surface area contributed by atoms with Gasteiger partial charge in [-0.05, 0) is 29.8 Å². The van der Waals surface area contributed by atoms with Crippen molar-refractivity contribution in [1.29, 1.82) is 0 Å². The van der Waals surface area contributed by atoms with Crippen LogP contribution in [-0.2, 0) is 0 Å². The zero-order valence-corrected chi connectivity index (χ0v) is 19.7. The van der Waals surface area contributed by atoms with Crippen molar-refractivity contribution in [2.75, 3.05) is 0 Å². The average molecular weight is 558 g/mol. The van der Waals surface area contributed by atoms with E-state index in [1.807, 2.05) is 6.07 Å². The molecule has 0 unspecified atom stereocenters. The second-order valence-electron chi connectivity index (χ2n) is 6.95. The van der Waals surface area contributed by atoms with Gasteiger partial charge in [0.05, 0.1) is 43.6 Å². The molecule has 0 radical (unpaired) electrons. The molecule has 0 amide bonds. The molecule has 2 heterocycles. The Balaban J connectivity index is 0.000000168. The number of non-ortho nitro benzene ring substituents is 1. The van der Waals surface area contributed by atoms with Gasteiger partial charge < -0.3 is 5.11 Å². The third kappa shape index (κ3) is 4.64. The number of phenolic OH excluding ortho intramolecular Hbond substituents is 1. The van der Waals surface area contributed by atoms with Crippen molar-refractivity contribution in [3.05, 3.63) is 101 Å². The standard InChI is InChI=1S/C15H9BrN2S.C6H3N3O7/c16-11-7-5-10(6-8-11)14-9-19-15-17-12-3-1-2-4-13(12)18(14)15;10-6-4(8(13)14)1-3(7(11)12)2-5(6)9(15)16/h1-9H;1-2,10H. The van der Waals surface area contributed by atoms with Gasteiger partial charge in [0.1, 0.15) is 0 Å². The summed E-state index contributed by atoms with van der Waals surface area (Å²) in [5.74, 6) is -1.21. The lowest BCUT2D eigenvalue weighted by molar-refractivity contribution is -0.404. The van der Waals surface area contributed by atoms with Crippen LogP contribution in [0.5, 0.6) is 5.75 Å². The Hall–Kier alpha value is -4.43. The van der Waals surface area contributed by atoms with E-state index in [9.17, 15) is 30.3 Å². The van der Waals surface area contributed by atoms with Crippen LogP contribution >= 0.6 is 27.3 Å². The predicted octanol–water partition coefficient (Wildman–Crippen LogP) is 6.10. The van der Waals surface area contributed by atoms with Crippen molar-refractivity contribution in [2.45, 2.75) is 0 Å². The summed E-state index contributed by atoms with van der Waals surface area (Å²) < 4.78 is 3.32. The lowest BCUT2D eigenvalue weighted by atomic mass is 10.2. The summed E-state index contributed by atoms with van der Waals surface area (Å²) in [5, 5.41) is 42.4. The number of rotatable bonds is 4. The van der Waals surface area contributed by atoms with Crippen molar-refractivity contribution in [3.63, 3.8) is 0 Å². The van der Waals surface area contributed by atoms with E-state index in [4.69, 9.17) is 5.11 Å². The molecule has 176 valence electrons. The Morgan fingerprint density at radius 2 is 1.49 bits per heavy atom. The fourth-order valence-electron chi connectivity index (χ4n) is 3.27. The number of nitrogens with zero attached hydrogens (tertiary/aromatic N) is 5. The number of aromatic nitrogens is 2. The van der Waals surface area contributed by atoms with Crippen LogP contribution in [0.1, 0.15) is 0 Å². The normalized spacial score (nSPS) is 10.7. The molecule has 1 N–H and O–H groups in total. The van der Waals surface area contributed by atoms with E-state index >= 15 is 0 Å². The zero-order chi connectivity index (χ0) is 25.3. The smallest absolute Gasteiger partial charge is 0.324 e. The molecule has 0 bridgehead atoms. The van der Waals surface area contributed by atoms with Crippen LogP contribution in [0.2, 0.25) is 0 Å². The molecule has 14 heteroatoms. The molecule has 0 saturated carbocycles. The Labute approximate surface area is 207 Å². The average Bonchev–Trinajstić information content (AvgIpc) is 3.39. The Kier molecular flexibility index (Phi) is 6.40. The summed E-state index contributed by atoms with van der Waals surface area (Å²) in [6.45, 7) is 0. The molecule has 0 fully saturated rings. The van der Waals surface area contributed by atoms with E-state index < -0.39 is 37.6 Å². The molecular weight excluding hydrogens is 546 g/mol. The number of aromatic hydroxyl groups is 1. The van der Waals surface area contributed by atoms with Gasteiger partial charge in [0.2, 0.25) is 0 Å². The van der Waals surface area contributed by atoms with E-state index in [0.29, 0.717) is 12.1 Å². The summed E-state index contributed by atoms with van der Waals surface area (Å²) in [5.41, 5.74) is 1.61. The van der Waals surface area contributed by atoms with Crippen LogP contribution in [0.3, 0.4) is 0 Å². The molecule has 35 heavy (non-hydrogen) atoms. The van der Waals surface area contributed by atoms with Crippen molar-refractivity contribution >= 4 is 60.3 Å². The number of halogens is 1.